The minimum absolute atomic E-state index is 0.231. The molecule has 1 saturated heterocycles. The summed E-state index contributed by atoms with van der Waals surface area (Å²) < 4.78 is 40.0. The van der Waals surface area contributed by atoms with Crippen molar-refractivity contribution in [3.8, 4) is 0 Å². The van der Waals surface area contributed by atoms with Crippen molar-refractivity contribution >= 4 is 50.4 Å². The fraction of sp³-hybridized carbons (Fsp3) is 0.333. The van der Waals surface area contributed by atoms with Crippen LogP contribution >= 0.6 is 22.6 Å². The van der Waals surface area contributed by atoms with Gasteiger partial charge in [-0.2, -0.15) is 8.42 Å². The largest absolute Gasteiger partial charge is 0.465 e. The van der Waals surface area contributed by atoms with Crippen molar-refractivity contribution in [1.29, 1.82) is 0 Å². The number of carbonyl (C=O) groups excluding carboxylic acids is 2. The number of amides is 1. The van der Waals surface area contributed by atoms with Crippen LogP contribution in [0.5, 0.6) is 0 Å². The van der Waals surface area contributed by atoms with Gasteiger partial charge in [-0.3, -0.25) is 4.79 Å². The lowest BCUT2D eigenvalue weighted by Crippen LogP contribution is -2.27. The molecule has 1 aromatic carbocycles. The highest BCUT2D eigenvalue weighted by molar-refractivity contribution is 14.1. The van der Waals surface area contributed by atoms with Gasteiger partial charge in [0.2, 0.25) is 5.91 Å². The maximum absolute atomic E-state index is 13.0. The van der Waals surface area contributed by atoms with Crippen molar-refractivity contribution in [2.24, 2.45) is 0 Å². The van der Waals surface area contributed by atoms with Gasteiger partial charge >= 0.3 is 16.2 Å². The van der Waals surface area contributed by atoms with Gasteiger partial charge in [-0.25, -0.2) is 4.79 Å². The van der Waals surface area contributed by atoms with E-state index in [2.05, 4.69) is 4.74 Å². The fourth-order valence-corrected chi connectivity index (χ4v) is 3.54. The zero-order valence-electron chi connectivity index (χ0n) is 10.9. The molecule has 6 nitrogen and oxygen atoms in total. The molecule has 1 aliphatic heterocycles. The summed E-state index contributed by atoms with van der Waals surface area (Å²) in [6.07, 6.45) is -0.381. The van der Waals surface area contributed by atoms with Crippen LogP contribution in [0.15, 0.2) is 18.2 Å². The van der Waals surface area contributed by atoms with Gasteiger partial charge in [-0.05, 0) is 40.8 Å². The third kappa shape index (κ3) is 3.34. The van der Waals surface area contributed by atoms with Crippen LogP contribution in [0.4, 0.5) is 9.57 Å². The minimum Gasteiger partial charge on any atom is -0.465 e. The van der Waals surface area contributed by atoms with Crippen molar-refractivity contribution in [3.05, 3.63) is 27.3 Å². The van der Waals surface area contributed by atoms with Crippen LogP contribution in [0.25, 0.3) is 0 Å². The molecule has 1 fully saturated rings. The number of esters is 1. The van der Waals surface area contributed by atoms with Crippen LogP contribution in [0.1, 0.15) is 16.8 Å². The molecule has 1 aliphatic rings. The number of hydrogen-bond donors (Lipinski definition) is 0. The van der Waals surface area contributed by atoms with Crippen molar-refractivity contribution in [3.63, 3.8) is 0 Å². The van der Waals surface area contributed by atoms with E-state index in [1.165, 1.54) is 30.2 Å². The number of anilines is 1. The SMILES string of the molecule is COC(=O)c1ccc(N2CC(S(=O)(=O)F)CC2=O)c(I)c1. The molecule has 1 amide bonds. The fourth-order valence-electron chi connectivity index (χ4n) is 2.07. The molecule has 1 heterocycles. The number of rotatable bonds is 3. The molecule has 0 saturated carbocycles. The summed E-state index contributed by atoms with van der Waals surface area (Å²) in [4.78, 5) is 24.5. The summed E-state index contributed by atoms with van der Waals surface area (Å²) in [7, 11) is -3.50. The maximum Gasteiger partial charge on any atom is 0.337 e. The van der Waals surface area contributed by atoms with Crippen molar-refractivity contribution in [2.75, 3.05) is 18.6 Å². The Morgan fingerprint density at radius 3 is 2.62 bits per heavy atom. The molecule has 9 heteroatoms. The Balaban J connectivity index is 2.31. The second-order valence-corrected chi connectivity index (χ2v) is 7.24. The highest BCUT2D eigenvalue weighted by atomic mass is 127. The van der Waals surface area contributed by atoms with E-state index in [1.54, 1.807) is 0 Å². The van der Waals surface area contributed by atoms with E-state index in [4.69, 9.17) is 0 Å². The molecule has 0 spiro atoms. The van der Waals surface area contributed by atoms with E-state index >= 15 is 0 Å². The molecular formula is C12H11FINO5S. The molecule has 0 bridgehead atoms. The third-order valence-electron chi connectivity index (χ3n) is 3.15. The Bertz CT molecular complexity index is 706. The van der Waals surface area contributed by atoms with Gasteiger partial charge in [0.1, 0.15) is 5.25 Å². The van der Waals surface area contributed by atoms with Crippen LogP contribution in [-0.4, -0.2) is 39.2 Å². The molecule has 0 N–H and O–H groups in total. The van der Waals surface area contributed by atoms with Crippen LogP contribution < -0.4 is 4.90 Å². The second kappa shape index (κ2) is 5.87. The van der Waals surface area contributed by atoms with Crippen LogP contribution in [0, 0.1) is 3.57 Å². The molecular weight excluding hydrogens is 416 g/mol. The Labute approximate surface area is 134 Å². The van der Waals surface area contributed by atoms with E-state index in [0.29, 0.717) is 14.8 Å². The third-order valence-corrected chi connectivity index (χ3v) is 5.12. The molecule has 114 valence electrons. The summed E-state index contributed by atoms with van der Waals surface area (Å²) in [5, 5.41) is -1.35. The van der Waals surface area contributed by atoms with Gasteiger partial charge in [0.05, 0.1) is 18.4 Å². The molecule has 1 atom stereocenters. The molecule has 0 aliphatic carbocycles. The number of ether oxygens (including phenoxy) is 1. The quantitative estimate of drug-likeness (QED) is 0.415. The first-order valence-corrected chi connectivity index (χ1v) is 8.38. The smallest absolute Gasteiger partial charge is 0.337 e. The van der Waals surface area contributed by atoms with Crippen LogP contribution in [-0.2, 0) is 19.8 Å². The number of benzene rings is 1. The standard InChI is InChI=1S/C12H11FINO5S/c1-20-12(17)7-2-3-10(9(14)4-7)15-6-8(5-11(15)16)21(13,18)19/h2-4,8H,5-6H2,1H3. The number of carbonyl (C=O) groups is 2. The first kappa shape index (κ1) is 16.1. The molecule has 1 unspecified atom stereocenters. The molecule has 0 aromatic heterocycles. The molecule has 0 radical (unpaired) electrons. The number of nitrogens with zero attached hydrogens (tertiary/aromatic N) is 1. The molecule has 1 aromatic rings. The van der Waals surface area contributed by atoms with Gasteiger partial charge < -0.3 is 9.64 Å². The summed E-state index contributed by atoms with van der Waals surface area (Å²) >= 11 is 1.92. The van der Waals surface area contributed by atoms with Crippen LogP contribution in [0.3, 0.4) is 0 Å². The van der Waals surface area contributed by atoms with Gasteiger partial charge in [0.15, 0.2) is 0 Å². The highest BCUT2D eigenvalue weighted by Gasteiger charge is 2.39. The predicted molar refractivity (Wildman–Crippen MR) is 81.3 cm³/mol. The summed E-state index contributed by atoms with van der Waals surface area (Å²) in [5.74, 6) is -0.985. The zero-order valence-corrected chi connectivity index (χ0v) is 13.9. The van der Waals surface area contributed by atoms with E-state index in [1.807, 2.05) is 22.6 Å². The zero-order chi connectivity index (χ0) is 15.8. The maximum atomic E-state index is 13.0. The lowest BCUT2D eigenvalue weighted by molar-refractivity contribution is -0.117. The van der Waals surface area contributed by atoms with Gasteiger partial charge in [-0.1, -0.05) is 0 Å². The Morgan fingerprint density at radius 2 is 2.14 bits per heavy atom. The molecule has 2 rings (SSSR count). The second-order valence-electron chi connectivity index (χ2n) is 4.46. The topological polar surface area (TPSA) is 80.8 Å². The number of methoxy groups -OCH3 is 1. The predicted octanol–water partition coefficient (Wildman–Crippen LogP) is 1.48. The van der Waals surface area contributed by atoms with Gasteiger partial charge in [0.25, 0.3) is 0 Å². The van der Waals surface area contributed by atoms with Gasteiger partial charge in [-0.15, -0.1) is 3.89 Å². The van der Waals surface area contributed by atoms with E-state index < -0.39 is 27.3 Å². The lowest BCUT2D eigenvalue weighted by Gasteiger charge is -2.18. The van der Waals surface area contributed by atoms with Crippen LogP contribution in [0.2, 0.25) is 0 Å². The summed E-state index contributed by atoms with van der Waals surface area (Å²) in [5.41, 5.74) is 0.756. The minimum atomic E-state index is -4.75. The normalized spacial score (nSPS) is 18.9. The van der Waals surface area contributed by atoms with Crippen molar-refractivity contribution < 1.29 is 26.6 Å². The lowest BCUT2D eigenvalue weighted by atomic mass is 10.2. The Kier molecular flexibility index (Phi) is 4.51. The summed E-state index contributed by atoms with van der Waals surface area (Å²) in [6, 6.07) is 4.50. The highest BCUT2D eigenvalue weighted by Crippen LogP contribution is 2.30. The first-order valence-electron chi connectivity index (χ1n) is 5.85. The Hall–Kier alpha value is -1.23. The number of halogens is 2. The Morgan fingerprint density at radius 1 is 1.48 bits per heavy atom. The van der Waals surface area contributed by atoms with E-state index in [9.17, 15) is 21.9 Å². The van der Waals surface area contributed by atoms with Gasteiger partial charge in [0, 0.05) is 16.5 Å². The van der Waals surface area contributed by atoms with E-state index in [-0.39, 0.29) is 13.0 Å². The summed E-state index contributed by atoms with van der Waals surface area (Å²) in [6.45, 7) is -0.231. The number of hydrogen-bond acceptors (Lipinski definition) is 5. The van der Waals surface area contributed by atoms with Crippen molar-refractivity contribution in [1.82, 2.24) is 0 Å². The average molecular weight is 427 g/mol. The average Bonchev–Trinajstić information content (AvgIpc) is 2.79. The first-order chi connectivity index (χ1) is 9.74. The monoisotopic (exact) mass is 427 g/mol. The molecule has 21 heavy (non-hydrogen) atoms. The van der Waals surface area contributed by atoms with Crippen molar-refractivity contribution in [2.45, 2.75) is 11.7 Å². The van der Waals surface area contributed by atoms with E-state index in [0.717, 1.165) is 0 Å².